The molecule has 0 fully saturated rings. The zero-order chi connectivity index (χ0) is 19.1. The minimum atomic E-state index is -0.366. The third-order valence-electron chi connectivity index (χ3n) is 4.47. The molecule has 4 nitrogen and oxygen atoms in total. The normalized spacial score (nSPS) is 11.9. The fourth-order valence-corrected chi connectivity index (χ4v) is 5.15. The Labute approximate surface area is 161 Å². The van der Waals surface area contributed by atoms with Crippen molar-refractivity contribution < 1.29 is 4.92 Å². The van der Waals surface area contributed by atoms with Gasteiger partial charge in [-0.2, -0.15) is 0 Å². The maximum atomic E-state index is 10.9. The number of fused-ring (bicyclic) bond motifs is 1. The first-order valence-electron chi connectivity index (χ1n) is 8.43. The molecule has 0 amide bonds. The van der Waals surface area contributed by atoms with Crippen LogP contribution in [0.15, 0.2) is 34.7 Å². The van der Waals surface area contributed by atoms with Gasteiger partial charge in [0.2, 0.25) is 0 Å². The summed E-state index contributed by atoms with van der Waals surface area (Å²) in [5.74, 6) is 0.851. The number of nitro groups is 1. The quantitative estimate of drug-likeness (QED) is 0.295. The van der Waals surface area contributed by atoms with Gasteiger partial charge in [0.25, 0.3) is 5.69 Å². The lowest BCUT2D eigenvalue weighted by molar-refractivity contribution is -0.384. The molecule has 0 bridgehead atoms. The molecule has 0 unspecified atom stereocenters. The number of nitrogens with zero attached hydrogens (tertiary/aromatic N) is 2. The minimum Gasteiger partial charge on any atom is -0.258 e. The summed E-state index contributed by atoms with van der Waals surface area (Å²) in [6.45, 7) is 11.0. The smallest absolute Gasteiger partial charge is 0.258 e. The van der Waals surface area contributed by atoms with Gasteiger partial charge in [0.1, 0.15) is 0 Å². The lowest BCUT2D eigenvalue weighted by Crippen LogP contribution is -2.12. The fraction of sp³-hybridized carbons (Fsp3) is 0.350. The Morgan fingerprint density at radius 1 is 1.15 bits per heavy atom. The Morgan fingerprint density at radius 2 is 1.81 bits per heavy atom. The van der Waals surface area contributed by atoms with E-state index in [-0.39, 0.29) is 16.0 Å². The van der Waals surface area contributed by atoms with Crippen LogP contribution in [0.4, 0.5) is 5.69 Å². The molecule has 0 aliphatic rings. The molecule has 1 heterocycles. The standard InChI is InChI=1S/C20H22N2O2S2/c1-12-8-14(20(3,4)5)9-13(2)16(12)11-25-19-21-17-7-6-15(22(23)24)10-18(17)26-19/h6-10H,11H2,1-5H3. The van der Waals surface area contributed by atoms with E-state index in [2.05, 4.69) is 51.7 Å². The Bertz CT molecular complexity index is 964. The maximum Gasteiger partial charge on any atom is 0.270 e. The van der Waals surface area contributed by atoms with Crippen molar-refractivity contribution in [2.24, 2.45) is 0 Å². The minimum absolute atomic E-state index is 0.113. The average Bonchev–Trinajstić information content (AvgIpc) is 2.94. The second-order valence-electron chi connectivity index (χ2n) is 7.52. The van der Waals surface area contributed by atoms with Crippen LogP contribution in [0.3, 0.4) is 0 Å². The number of aromatic nitrogens is 1. The van der Waals surface area contributed by atoms with Crippen molar-refractivity contribution in [2.75, 3.05) is 0 Å². The lowest BCUT2D eigenvalue weighted by atomic mass is 9.84. The van der Waals surface area contributed by atoms with Gasteiger partial charge in [-0.25, -0.2) is 4.98 Å². The Morgan fingerprint density at radius 3 is 2.38 bits per heavy atom. The highest BCUT2D eigenvalue weighted by Gasteiger charge is 2.17. The Hall–Kier alpha value is -1.92. The number of thiazole rings is 1. The SMILES string of the molecule is Cc1cc(C(C)(C)C)cc(C)c1CSc1nc2ccc([N+](=O)[O-])cc2s1. The van der Waals surface area contributed by atoms with Gasteiger partial charge in [-0.05, 0) is 47.6 Å². The van der Waals surface area contributed by atoms with Crippen LogP contribution in [-0.2, 0) is 11.2 Å². The summed E-state index contributed by atoms with van der Waals surface area (Å²) in [4.78, 5) is 15.2. The number of nitro benzene ring substituents is 1. The molecular weight excluding hydrogens is 364 g/mol. The molecule has 0 N–H and O–H groups in total. The summed E-state index contributed by atoms with van der Waals surface area (Å²) in [7, 11) is 0. The van der Waals surface area contributed by atoms with Gasteiger partial charge < -0.3 is 0 Å². The summed E-state index contributed by atoms with van der Waals surface area (Å²) < 4.78 is 1.80. The molecule has 2 aromatic carbocycles. The molecule has 136 valence electrons. The summed E-state index contributed by atoms with van der Waals surface area (Å²) in [6, 6.07) is 9.40. The third-order valence-corrected chi connectivity index (χ3v) is 6.65. The molecule has 3 rings (SSSR count). The van der Waals surface area contributed by atoms with E-state index in [9.17, 15) is 10.1 Å². The van der Waals surface area contributed by atoms with E-state index < -0.39 is 0 Å². The van der Waals surface area contributed by atoms with E-state index in [0.29, 0.717) is 0 Å². The highest BCUT2D eigenvalue weighted by molar-refractivity contribution is 8.00. The van der Waals surface area contributed by atoms with Crippen molar-refractivity contribution in [1.82, 2.24) is 4.98 Å². The van der Waals surface area contributed by atoms with Gasteiger partial charge in [0, 0.05) is 17.9 Å². The van der Waals surface area contributed by atoms with Crippen molar-refractivity contribution in [3.63, 3.8) is 0 Å². The fourth-order valence-electron chi connectivity index (χ4n) is 2.86. The van der Waals surface area contributed by atoms with Crippen LogP contribution in [0.1, 0.15) is 43.0 Å². The van der Waals surface area contributed by atoms with Gasteiger partial charge in [-0.15, -0.1) is 11.3 Å². The van der Waals surface area contributed by atoms with Crippen molar-refractivity contribution in [1.29, 1.82) is 0 Å². The molecule has 0 aliphatic carbocycles. The van der Waals surface area contributed by atoms with Crippen LogP contribution >= 0.6 is 23.1 Å². The van der Waals surface area contributed by atoms with Crippen LogP contribution in [0, 0.1) is 24.0 Å². The highest BCUT2D eigenvalue weighted by Crippen LogP contribution is 2.35. The molecule has 26 heavy (non-hydrogen) atoms. The van der Waals surface area contributed by atoms with Gasteiger partial charge in [0.15, 0.2) is 4.34 Å². The maximum absolute atomic E-state index is 10.9. The first kappa shape index (κ1) is 18.9. The van der Waals surface area contributed by atoms with Crippen molar-refractivity contribution in [3.8, 4) is 0 Å². The number of hydrogen-bond acceptors (Lipinski definition) is 5. The van der Waals surface area contributed by atoms with Gasteiger partial charge in [-0.1, -0.05) is 44.7 Å². The topological polar surface area (TPSA) is 56.0 Å². The van der Waals surface area contributed by atoms with Gasteiger partial charge in [-0.3, -0.25) is 10.1 Å². The molecule has 0 spiro atoms. The molecule has 6 heteroatoms. The third kappa shape index (κ3) is 3.91. The first-order chi connectivity index (χ1) is 12.1. The van der Waals surface area contributed by atoms with Crippen molar-refractivity contribution in [3.05, 3.63) is 62.7 Å². The van der Waals surface area contributed by atoms with Crippen LogP contribution in [0.25, 0.3) is 10.2 Å². The van der Waals surface area contributed by atoms with Crippen LogP contribution in [-0.4, -0.2) is 9.91 Å². The molecular formula is C20H22N2O2S2. The second kappa shape index (κ2) is 7.00. The number of thioether (sulfide) groups is 1. The molecule has 0 saturated heterocycles. The molecule has 0 aliphatic heterocycles. The zero-order valence-corrected chi connectivity index (χ0v) is 17.3. The number of aryl methyl sites for hydroxylation is 2. The van der Waals surface area contributed by atoms with E-state index in [1.807, 2.05) is 0 Å². The van der Waals surface area contributed by atoms with Crippen LogP contribution < -0.4 is 0 Å². The predicted octanol–water partition coefficient (Wildman–Crippen LogP) is 6.41. The summed E-state index contributed by atoms with van der Waals surface area (Å²) >= 11 is 3.21. The second-order valence-corrected chi connectivity index (χ2v) is 9.77. The predicted molar refractivity (Wildman–Crippen MR) is 110 cm³/mol. The highest BCUT2D eigenvalue weighted by atomic mass is 32.2. The number of non-ortho nitro benzene ring substituents is 1. The van der Waals surface area contributed by atoms with E-state index in [1.54, 1.807) is 23.9 Å². The van der Waals surface area contributed by atoms with Crippen molar-refractivity contribution >= 4 is 39.0 Å². The van der Waals surface area contributed by atoms with E-state index in [4.69, 9.17) is 0 Å². The number of hydrogen-bond donors (Lipinski definition) is 0. The molecule has 3 aromatic rings. The molecule has 0 radical (unpaired) electrons. The summed E-state index contributed by atoms with van der Waals surface area (Å²) in [5, 5.41) is 10.9. The van der Waals surface area contributed by atoms with Gasteiger partial charge in [0.05, 0.1) is 15.1 Å². The van der Waals surface area contributed by atoms with E-state index >= 15 is 0 Å². The zero-order valence-electron chi connectivity index (χ0n) is 15.6. The summed E-state index contributed by atoms with van der Waals surface area (Å²) in [5.41, 5.74) is 6.38. The Balaban J connectivity index is 1.83. The monoisotopic (exact) mass is 386 g/mol. The lowest BCUT2D eigenvalue weighted by Gasteiger charge is -2.22. The first-order valence-corrected chi connectivity index (χ1v) is 10.2. The molecule has 0 saturated carbocycles. The molecule has 1 aromatic heterocycles. The summed E-state index contributed by atoms with van der Waals surface area (Å²) in [6.07, 6.45) is 0. The van der Waals surface area contributed by atoms with E-state index in [0.717, 1.165) is 20.3 Å². The van der Waals surface area contributed by atoms with Crippen LogP contribution in [0.5, 0.6) is 0 Å². The van der Waals surface area contributed by atoms with Crippen molar-refractivity contribution in [2.45, 2.75) is 50.1 Å². The van der Waals surface area contributed by atoms with Gasteiger partial charge >= 0.3 is 0 Å². The Kier molecular flexibility index (Phi) is 5.08. The largest absolute Gasteiger partial charge is 0.270 e. The molecule has 0 atom stereocenters. The number of benzene rings is 2. The van der Waals surface area contributed by atoms with Crippen LogP contribution in [0.2, 0.25) is 0 Å². The van der Waals surface area contributed by atoms with E-state index in [1.165, 1.54) is 39.7 Å². The number of rotatable bonds is 4. The average molecular weight is 387 g/mol.